The van der Waals surface area contributed by atoms with Crippen LogP contribution in [0.5, 0.6) is 5.75 Å². The molecule has 186 valence electrons. The molecule has 0 saturated heterocycles. The monoisotopic (exact) mass is 484 g/mol. The van der Waals surface area contributed by atoms with Crippen molar-refractivity contribution in [2.24, 2.45) is 11.8 Å². The van der Waals surface area contributed by atoms with E-state index in [1.54, 1.807) is 16.2 Å². The van der Waals surface area contributed by atoms with Crippen molar-refractivity contribution in [3.8, 4) is 5.75 Å². The Balaban J connectivity index is 1.75. The molecule has 0 fully saturated rings. The predicted octanol–water partition coefficient (Wildman–Crippen LogP) is 5.91. The molecular weight excluding hydrogens is 444 g/mol. The summed E-state index contributed by atoms with van der Waals surface area (Å²) >= 11 is 1.75. The van der Waals surface area contributed by atoms with Gasteiger partial charge in [0.2, 0.25) is 11.8 Å². The fraction of sp³-hybridized carbons (Fsp3) is 0.571. The van der Waals surface area contributed by atoms with Crippen LogP contribution in [-0.2, 0) is 16.0 Å². The van der Waals surface area contributed by atoms with E-state index in [0.717, 1.165) is 12.2 Å². The van der Waals surface area contributed by atoms with Gasteiger partial charge >= 0.3 is 0 Å². The molecule has 1 unspecified atom stereocenters. The summed E-state index contributed by atoms with van der Waals surface area (Å²) in [6.45, 7) is 14.4. The molecule has 1 aromatic carbocycles. The highest BCUT2D eigenvalue weighted by molar-refractivity contribution is 7.10. The second-order valence-corrected chi connectivity index (χ2v) is 11.5. The number of carbonyl (C=O) groups is 2. The molecule has 1 aromatic heterocycles. The second-order valence-electron chi connectivity index (χ2n) is 10.5. The van der Waals surface area contributed by atoms with Gasteiger partial charge in [-0.2, -0.15) is 0 Å². The lowest BCUT2D eigenvalue weighted by Crippen LogP contribution is -2.48. The highest BCUT2D eigenvalue weighted by atomic mass is 32.1. The summed E-state index contributed by atoms with van der Waals surface area (Å²) in [5, 5.41) is 2.10. The van der Waals surface area contributed by atoms with E-state index in [0.29, 0.717) is 38.0 Å². The molecular formula is C28H40N2O3S. The van der Waals surface area contributed by atoms with E-state index in [1.807, 2.05) is 30.9 Å². The summed E-state index contributed by atoms with van der Waals surface area (Å²) in [5.74, 6) is 1.92. The predicted molar refractivity (Wildman–Crippen MR) is 139 cm³/mol. The van der Waals surface area contributed by atoms with Crippen molar-refractivity contribution in [3.05, 3.63) is 51.7 Å². The molecule has 0 radical (unpaired) electrons. The van der Waals surface area contributed by atoms with Crippen LogP contribution in [0.4, 0.5) is 0 Å². The van der Waals surface area contributed by atoms with Crippen LogP contribution in [0.2, 0.25) is 0 Å². The second kappa shape index (κ2) is 11.9. The molecule has 5 nitrogen and oxygen atoms in total. The van der Waals surface area contributed by atoms with E-state index in [-0.39, 0.29) is 30.3 Å². The molecule has 1 atom stereocenters. The highest BCUT2D eigenvalue weighted by Gasteiger charge is 2.33. The lowest BCUT2D eigenvalue weighted by Gasteiger charge is -2.37. The standard InChI is InChI=1S/C28H40N2O3S/c1-19(2)15-27(31)29(16-20(3)4)17-28(32)30-13-11-26-24(12-14-34-26)25(30)18-33-23-9-7-22(8-10-23)21(5)6/h7-10,12,14,19-21,25H,11,13,15-18H2,1-6H3. The van der Waals surface area contributed by atoms with Crippen LogP contribution in [0.25, 0.3) is 0 Å². The van der Waals surface area contributed by atoms with Gasteiger partial charge in [-0.15, -0.1) is 11.3 Å². The Labute approximate surface area is 209 Å². The Bertz CT molecular complexity index is 949. The quantitative estimate of drug-likeness (QED) is 0.421. The van der Waals surface area contributed by atoms with Crippen molar-refractivity contribution in [1.82, 2.24) is 9.80 Å². The molecule has 1 aliphatic rings. The average molecular weight is 485 g/mol. The van der Waals surface area contributed by atoms with Gasteiger partial charge in [-0.25, -0.2) is 0 Å². The molecule has 2 aromatic rings. The van der Waals surface area contributed by atoms with Crippen LogP contribution >= 0.6 is 11.3 Å². The summed E-state index contributed by atoms with van der Waals surface area (Å²) in [5.41, 5.74) is 2.45. The zero-order valence-corrected chi connectivity index (χ0v) is 22.4. The molecule has 34 heavy (non-hydrogen) atoms. The van der Waals surface area contributed by atoms with Crippen molar-refractivity contribution >= 4 is 23.2 Å². The van der Waals surface area contributed by atoms with Gasteiger partial charge in [0.25, 0.3) is 0 Å². The first-order valence-electron chi connectivity index (χ1n) is 12.5. The number of hydrogen-bond acceptors (Lipinski definition) is 4. The first kappa shape index (κ1) is 26.3. The summed E-state index contributed by atoms with van der Waals surface area (Å²) in [6.07, 6.45) is 1.32. The van der Waals surface area contributed by atoms with E-state index in [4.69, 9.17) is 4.74 Å². The maximum Gasteiger partial charge on any atom is 0.242 e. The van der Waals surface area contributed by atoms with E-state index in [9.17, 15) is 9.59 Å². The molecule has 2 amide bonds. The van der Waals surface area contributed by atoms with Crippen molar-refractivity contribution in [3.63, 3.8) is 0 Å². The normalized spacial score (nSPS) is 15.7. The first-order valence-corrected chi connectivity index (χ1v) is 13.4. The zero-order valence-electron chi connectivity index (χ0n) is 21.5. The fourth-order valence-electron chi connectivity index (χ4n) is 4.43. The van der Waals surface area contributed by atoms with Gasteiger partial charge in [0, 0.05) is 24.4 Å². The van der Waals surface area contributed by atoms with Crippen LogP contribution in [0, 0.1) is 11.8 Å². The van der Waals surface area contributed by atoms with E-state index in [1.165, 1.54) is 16.0 Å². The Morgan fingerprint density at radius 3 is 2.38 bits per heavy atom. The number of thiophene rings is 1. The van der Waals surface area contributed by atoms with Gasteiger partial charge in [0.1, 0.15) is 12.4 Å². The van der Waals surface area contributed by atoms with Crippen LogP contribution in [-0.4, -0.2) is 47.9 Å². The first-order chi connectivity index (χ1) is 16.2. The summed E-state index contributed by atoms with van der Waals surface area (Å²) in [7, 11) is 0. The minimum Gasteiger partial charge on any atom is -0.491 e. The van der Waals surface area contributed by atoms with Gasteiger partial charge in [-0.1, -0.05) is 53.7 Å². The topological polar surface area (TPSA) is 49.9 Å². The third-order valence-corrected chi connectivity index (χ3v) is 7.21. The summed E-state index contributed by atoms with van der Waals surface area (Å²) < 4.78 is 6.19. The number of hydrogen-bond donors (Lipinski definition) is 0. The smallest absolute Gasteiger partial charge is 0.242 e. The Morgan fingerprint density at radius 1 is 1.06 bits per heavy atom. The van der Waals surface area contributed by atoms with Gasteiger partial charge in [0.15, 0.2) is 0 Å². The lowest BCUT2D eigenvalue weighted by atomic mass is 10.00. The number of ether oxygens (including phenoxy) is 1. The summed E-state index contributed by atoms with van der Waals surface area (Å²) in [6, 6.07) is 10.2. The third-order valence-electron chi connectivity index (χ3n) is 6.22. The van der Waals surface area contributed by atoms with E-state index >= 15 is 0 Å². The number of fused-ring (bicyclic) bond motifs is 1. The maximum atomic E-state index is 13.5. The molecule has 0 bridgehead atoms. The zero-order chi connectivity index (χ0) is 24.8. The highest BCUT2D eigenvalue weighted by Crippen LogP contribution is 2.34. The number of carbonyl (C=O) groups excluding carboxylic acids is 2. The molecule has 3 rings (SSSR count). The van der Waals surface area contributed by atoms with Crippen LogP contribution in [0.15, 0.2) is 35.7 Å². The van der Waals surface area contributed by atoms with E-state index < -0.39 is 0 Å². The van der Waals surface area contributed by atoms with Gasteiger partial charge < -0.3 is 14.5 Å². The van der Waals surface area contributed by atoms with Crippen molar-refractivity contribution < 1.29 is 14.3 Å². The molecule has 1 aliphatic heterocycles. The van der Waals surface area contributed by atoms with Gasteiger partial charge in [-0.3, -0.25) is 9.59 Å². The minimum atomic E-state index is -0.145. The molecule has 6 heteroatoms. The largest absolute Gasteiger partial charge is 0.491 e. The number of amides is 2. The molecule has 0 spiro atoms. The van der Waals surface area contributed by atoms with Gasteiger partial charge in [-0.05, 0) is 58.9 Å². The van der Waals surface area contributed by atoms with Crippen LogP contribution < -0.4 is 4.74 Å². The fourth-order valence-corrected chi connectivity index (χ4v) is 5.35. The van der Waals surface area contributed by atoms with Gasteiger partial charge in [0.05, 0.1) is 12.6 Å². The Hall–Kier alpha value is -2.34. The molecule has 0 N–H and O–H groups in total. The van der Waals surface area contributed by atoms with Crippen LogP contribution in [0.3, 0.4) is 0 Å². The molecule has 0 aliphatic carbocycles. The SMILES string of the molecule is CC(C)CC(=O)N(CC(=O)N1CCc2sccc2C1COc1ccc(C(C)C)cc1)CC(C)C. The number of nitrogens with zero attached hydrogens (tertiary/aromatic N) is 2. The van der Waals surface area contributed by atoms with E-state index in [2.05, 4.69) is 51.3 Å². The maximum absolute atomic E-state index is 13.5. The van der Waals surface area contributed by atoms with Crippen LogP contribution in [0.1, 0.15) is 75.9 Å². The lowest BCUT2D eigenvalue weighted by molar-refractivity contribution is -0.143. The summed E-state index contributed by atoms with van der Waals surface area (Å²) in [4.78, 5) is 31.4. The third kappa shape index (κ3) is 6.84. The Kier molecular flexibility index (Phi) is 9.17. The molecule has 2 heterocycles. The van der Waals surface area contributed by atoms with Crippen molar-refractivity contribution in [2.45, 2.75) is 66.3 Å². The Morgan fingerprint density at radius 2 is 1.76 bits per heavy atom. The average Bonchev–Trinajstić information content (AvgIpc) is 3.25. The number of benzene rings is 1. The minimum absolute atomic E-state index is 0.00152. The molecule has 0 saturated carbocycles. The number of rotatable bonds is 10. The van der Waals surface area contributed by atoms with Crippen molar-refractivity contribution in [2.75, 3.05) is 26.2 Å². The van der Waals surface area contributed by atoms with Crippen molar-refractivity contribution in [1.29, 1.82) is 0 Å².